The SMILES string of the molecule is CCc1c2c(nc3ccc(OC(=O)CCC(=O)Oc4c(C)c(C)c5c(c4C)CC[C@](C)(C(=O)OCCOCCOCCOCCOCCOCCOCCOC)O5)cc13)-c1cc3c(c(=O)n1C2)COC(=O)[C@]3(O)CC. The average molecular weight is 1050 g/mol. The summed E-state index contributed by atoms with van der Waals surface area (Å²) < 4.78 is 68.1. The number of esters is 4. The number of aromatic nitrogens is 2. The van der Waals surface area contributed by atoms with Gasteiger partial charge < -0.3 is 66.5 Å². The lowest BCUT2D eigenvalue weighted by Crippen LogP contribution is -2.46. The van der Waals surface area contributed by atoms with Crippen molar-refractivity contribution < 1.29 is 81.1 Å². The zero-order chi connectivity index (χ0) is 53.7. The predicted molar refractivity (Wildman–Crippen MR) is 270 cm³/mol. The van der Waals surface area contributed by atoms with E-state index in [0.717, 1.165) is 22.1 Å². The Kier molecular flexibility index (Phi) is 19.9. The summed E-state index contributed by atoms with van der Waals surface area (Å²) in [6, 6.07) is 6.74. The van der Waals surface area contributed by atoms with E-state index in [9.17, 15) is 29.1 Å². The van der Waals surface area contributed by atoms with Crippen molar-refractivity contribution in [2.75, 3.05) is 99.6 Å². The van der Waals surface area contributed by atoms with Crippen LogP contribution in [-0.2, 0) is 93.4 Å². The molecule has 4 aromatic rings. The Morgan fingerprint density at radius 1 is 0.733 bits per heavy atom. The number of rotatable bonds is 29. The van der Waals surface area contributed by atoms with Crippen molar-refractivity contribution in [3.8, 4) is 28.6 Å². The van der Waals surface area contributed by atoms with Crippen molar-refractivity contribution in [3.05, 3.63) is 79.1 Å². The quantitative estimate of drug-likeness (QED) is 0.0367. The van der Waals surface area contributed by atoms with E-state index in [1.807, 2.05) is 27.7 Å². The molecule has 1 N–H and O–H groups in total. The lowest BCUT2D eigenvalue weighted by atomic mass is 9.86. The summed E-state index contributed by atoms with van der Waals surface area (Å²) in [6.45, 7) is 16.6. The third-order valence-electron chi connectivity index (χ3n) is 13.8. The maximum Gasteiger partial charge on any atom is 0.350 e. The average Bonchev–Trinajstić information content (AvgIpc) is 3.78. The molecule has 0 amide bonds. The van der Waals surface area contributed by atoms with Crippen molar-refractivity contribution in [2.45, 2.75) is 104 Å². The number of pyridine rings is 2. The van der Waals surface area contributed by atoms with Crippen LogP contribution in [0.4, 0.5) is 0 Å². The monoisotopic (exact) mass is 1050 g/mol. The number of aryl methyl sites for hydroxylation is 1. The number of methoxy groups -OCH3 is 1. The number of carbonyl (C=O) groups excluding carboxylic acids is 4. The summed E-state index contributed by atoms with van der Waals surface area (Å²) in [5, 5.41) is 12.0. The summed E-state index contributed by atoms with van der Waals surface area (Å²) in [7, 11) is 1.63. The van der Waals surface area contributed by atoms with Gasteiger partial charge in [-0.1, -0.05) is 13.8 Å². The molecular weight excluding hydrogens is 977 g/mol. The molecular formula is C55H70N2O18. The third kappa shape index (κ3) is 13.2. The van der Waals surface area contributed by atoms with E-state index in [1.54, 1.807) is 49.8 Å². The van der Waals surface area contributed by atoms with Gasteiger partial charge in [0.05, 0.1) is 128 Å². The van der Waals surface area contributed by atoms with Gasteiger partial charge in [0.25, 0.3) is 5.56 Å². The lowest BCUT2D eigenvalue weighted by Gasteiger charge is -2.36. The van der Waals surface area contributed by atoms with Gasteiger partial charge in [-0.2, -0.15) is 0 Å². The highest BCUT2D eigenvalue weighted by Crippen LogP contribution is 2.45. The number of benzene rings is 2. The molecule has 20 heteroatoms. The summed E-state index contributed by atoms with van der Waals surface area (Å²) in [6.07, 6.45) is 0.916. The van der Waals surface area contributed by atoms with Crippen LogP contribution in [0, 0.1) is 20.8 Å². The van der Waals surface area contributed by atoms with Gasteiger partial charge in [0.1, 0.15) is 30.5 Å². The van der Waals surface area contributed by atoms with Gasteiger partial charge in [-0.25, -0.2) is 14.6 Å². The largest absolute Gasteiger partial charge is 0.475 e. The molecule has 2 atom stereocenters. The fraction of sp³-hybridized carbons (Fsp3) is 0.564. The van der Waals surface area contributed by atoms with E-state index in [2.05, 4.69) is 0 Å². The van der Waals surface area contributed by atoms with Gasteiger partial charge in [0.2, 0.25) is 5.60 Å². The van der Waals surface area contributed by atoms with Crippen molar-refractivity contribution >= 4 is 34.8 Å². The highest BCUT2D eigenvalue weighted by molar-refractivity contribution is 5.91. The fourth-order valence-corrected chi connectivity index (χ4v) is 9.38. The van der Waals surface area contributed by atoms with Crippen LogP contribution in [0.1, 0.15) is 91.0 Å². The molecule has 408 valence electrons. The summed E-state index contributed by atoms with van der Waals surface area (Å²) in [5.74, 6) is -1.37. The Labute approximate surface area is 436 Å². The van der Waals surface area contributed by atoms with Crippen LogP contribution in [0.5, 0.6) is 17.2 Å². The van der Waals surface area contributed by atoms with Crippen LogP contribution >= 0.6 is 0 Å². The van der Waals surface area contributed by atoms with Gasteiger partial charge >= 0.3 is 23.9 Å². The number of fused-ring (bicyclic) bond motifs is 6. The molecule has 0 radical (unpaired) electrons. The number of carbonyl (C=O) groups is 4. The minimum absolute atomic E-state index is 0.0376. The van der Waals surface area contributed by atoms with Gasteiger partial charge in [0, 0.05) is 35.6 Å². The Hall–Kier alpha value is -5.84. The zero-order valence-corrected chi connectivity index (χ0v) is 44.1. The first kappa shape index (κ1) is 56.9. The van der Waals surface area contributed by atoms with E-state index >= 15 is 0 Å². The number of nitrogens with zero attached hydrogens (tertiary/aromatic N) is 2. The minimum atomic E-state index is -1.94. The van der Waals surface area contributed by atoms with Crippen LogP contribution in [0.25, 0.3) is 22.3 Å². The number of aliphatic hydroxyl groups is 1. The molecule has 0 saturated carbocycles. The highest BCUT2D eigenvalue weighted by Gasteiger charge is 2.46. The number of hydrogen-bond acceptors (Lipinski definition) is 19. The molecule has 0 spiro atoms. The van der Waals surface area contributed by atoms with E-state index in [1.165, 1.54) is 0 Å². The molecule has 0 aliphatic carbocycles. The van der Waals surface area contributed by atoms with Crippen LogP contribution in [0.15, 0.2) is 29.1 Å². The van der Waals surface area contributed by atoms with E-state index in [0.29, 0.717) is 144 Å². The summed E-state index contributed by atoms with van der Waals surface area (Å²) in [5.41, 5.74) is 3.24. The van der Waals surface area contributed by atoms with Crippen LogP contribution in [0.2, 0.25) is 0 Å². The molecule has 3 aliphatic rings. The molecule has 0 saturated heterocycles. The van der Waals surface area contributed by atoms with Gasteiger partial charge in [-0.3, -0.25) is 14.4 Å². The Morgan fingerprint density at radius 3 is 1.91 bits per heavy atom. The molecule has 5 heterocycles. The predicted octanol–water partition coefficient (Wildman–Crippen LogP) is 5.23. The zero-order valence-electron chi connectivity index (χ0n) is 44.1. The first-order valence-electron chi connectivity index (χ1n) is 25.6. The Bertz CT molecular complexity index is 2770. The first-order chi connectivity index (χ1) is 36.1. The maximum absolute atomic E-state index is 13.7. The standard InChI is InChI=1S/C55H70N2O18/c1-8-38-40-30-37(10-11-44(40)56-48-41(38)32-57-45(48)31-43-42(51(57)60)33-72-53(62)55(43,63)9-2)73-46(58)12-13-47(59)74-49-34(3)35(4)50-39(36(49)5)14-15-54(6,75-50)52(61)71-29-28-70-27-26-69-25-24-68-23-22-67-21-20-66-19-18-65-17-16-64-7/h10-11,30-31,63H,8-9,12-29,32-33H2,1-7H3/t54-,55+/m1/s1. The Balaban J connectivity index is 0.825. The van der Waals surface area contributed by atoms with Crippen molar-refractivity contribution in [1.29, 1.82) is 0 Å². The molecule has 0 fully saturated rings. The van der Waals surface area contributed by atoms with Crippen LogP contribution in [0.3, 0.4) is 0 Å². The number of cyclic esters (lactones) is 1. The van der Waals surface area contributed by atoms with Gasteiger partial charge in [-0.05, 0) is 93.5 Å². The van der Waals surface area contributed by atoms with Crippen LogP contribution < -0.4 is 19.8 Å². The molecule has 0 bridgehead atoms. The van der Waals surface area contributed by atoms with Crippen molar-refractivity contribution in [1.82, 2.24) is 9.55 Å². The molecule has 7 rings (SSSR count). The second-order valence-electron chi connectivity index (χ2n) is 18.6. The minimum Gasteiger partial charge on any atom is -0.475 e. The first-order valence-corrected chi connectivity index (χ1v) is 25.6. The molecule has 2 aromatic carbocycles. The topological polar surface area (TPSA) is 234 Å². The second kappa shape index (κ2) is 26.3. The van der Waals surface area contributed by atoms with E-state index in [4.69, 9.17) is 61.8 Å². The van der Waals surface area contributed by atoms with E-state index < -0.39 is 35.1 Å². The normalized spacial score (nSPS) is 17.4. The number of hydrogen-bond donors (Lipinski definition) is 1. The molecule has 0 unspecified atom stereocenters. The van der Waals surface area contributed by atoms with Crippen molar-refractivity contribution in [2.24, 2.45) is 0 Å². The maximum atomic E-state index is 13.7. The molecule has 75 heavy (non-hydrogen) atoms. The molecule has 20 nitrogen and oxygen atoms in total. The van der Waals surface area contributed by atoms with Crippen LogP contribution in [-0.4, -0.2) is 144 Å². The van der Waals surface area contributed by atoms with Gasteiger partial charge in [0.15, 0.2) is 5.60 Å². The number of ether oxygens (including phenoxy) is 12. The van der Waals surface area contributed by atoms with Gasteiger partial charge in [-0.15, -0.1) is 0 Å². The highest BCUT2D eigenvalue weighted by atomic mass is 16.6. The fourth-order valence-electron chi connectivity index (χ4n) is 9.38. The molecule has 2 aromatic heterocycles. The van der Waals surface area contributed by atoms with Crippen molar-refractivity contribution in [3.63, 3.8) is 0 Å². The third-order valence-corrected chi connectivity index (χ3v) is 13.8. The smallest absolute Gasteiger partial charge is 0.350 e. The Morgan fingerprint density at radius 2 is 1.32 bits per heavy atom. The lowest BCUT2D eigenvalue weighted by molar-refractivity contribution is -0.172. The van der Waals surface area contributed by atoms with E-state index in [-0.39, 0.29) is 68.1 Å². The second-order valence-corrected chi connectivity index (χ2v) is 18.6. The molecule has 3 aliphatic heterocycles. The summed E-state index contributed by atoms with van der Waals surface area (Å²) in [4.78, 5) is 71.0. The summed E-state index contributed by atoms with van der Waals surface area (Å²) >= 11 is 0.